The van der Waals surface area contributed by atoms with Crippen LogP contribution in [0.1, 0.15) is 6.42 Å². The molecule has 0 aromatic heterocycles. The van der Waals surface area contributed by atoms with Gasteiger partial charge in [0.1, 0.15) is 5.82 Å². The molecule has 3 aliphatic heterocycles. The van der Waals surface area contributed by atoms with E-state index in [0.717, 1.165) is 42.0 Å². The van der Waals surface area contributed by atoms with Crippen molar-refractivity contribution in [2.45, 2.75) is 6.42 Å². The third-order valence-electron chi connectivity index (χ3n) is 5.79. The molecule has 0 aliphatic carbocycles. The summed E-state index contributed by atoms with van der Waals surface area (Å²) < 4.78 is 3.36. The number of halogens is 1. The Morgan fingerprint density at radius 3 is 2.67 bits per heavy atom. The topological polar surface area (TPSA) is 24.3 Å². The van der Waals surface area contributed by atoms with Gasteiger partial charge >= 0.3 is 0 Å². The Kier molecular flexibility index (Phi) is 4.10. The van der Waals surface area contributed by atoms with E-state index in [9.17, 15) is 0 Å². The van der Waals surface area contributed by atoms with E-state index in [2.05, 4.69) is 86.9 Å². The zero-order valence-electron chi connectivity index (χ0n) is 15.7. The number of rotatable bonds is 1. The van der Waals surface area contributed by atoms with Crippen molar-refractivity contribution in [1.29, 1.82) is 0 Å². The lowest BCUT2D eigenvalue weighted by atomic mass is 10.0. The first-order valence-electron chi connectivity index (χ1n) is 9.53. The summed E-state index contributed by atoms with van der Waals surface area (Å²) in [6.45, 7) is 4.36. The van der Waals surface area contributed by atoms with Crippen LogP contribution in [0.4, 0.5) is 5.69 Å². The first-order chi connectivity index (χ1) is 13.1. The fourth-order valence-electron chi connectivity index (χ4n) is 4.39. The number of likely N-dealkylation sites (N-methyl/N-ethyl adjacent to an activating group) is 1. The fourth-order valence-corrected chi connectivity index (χ4v) is 4.75. The van der Waals surface area contributed by atoms with Gasteiger partial charge in [-0.25, -0.2) is 4.98 Å². The van der Waals surface area contributed by atoms with Gasteiger partial charge in [0, 0.05) is 41.9 Å². The monoisotopic (exact) mass is 422 g/mol. The molecule has 1 saturated heterocycles. The molecule has 4 nitrogen and oxygen atoms in total. The molecule has 2 aromatic carbocycles. The number of aryl methyl sites for hydroxylation is 1. The first-order valence-corrected chi connectivity index (χ1v) is 10.3. The molecule has 0 unspecified atom stereocenters. The standard InChI is InChI=1S/C22H23BrN4/c1-25-10-5-11-27(13-12-25)21-17-14-15(23)8-9-19(17)26(2)22-20(21)16-6-3-4-7-18(16)24-22/h3-4,6-9,14H,5,10-13H2,1-2H3. The van der Waals surface area contributed by atoms with Gasteiger partial charge < -0.3 is 14.4 Å². The number of benzene rings is 2. The fraction of sp³-hybridized carbons (Fsp3) is 0.318. The minimum absolute atomic E-state index is 1.04. The lowest BCUT2D eigenvalue weighted by Crippen LogP contribution is -2.29. The molecule has 0 spiro atoms. The maximum Gasteiger partial charge on any atom is 0.143 e. The third-order valence-corrected chi connectivity index (χ3v) is 6.28. The van der Waals surface area contributed by atoms with Crippen molar-refractivity contribution in [1.82, 2.24) is 14.5 Å². The van der Waals surface area contributed by atoms with Crippen LogP contribution in [-0.2, 0) is 7.05 Å². The van der Waals surface area contributed by atoms with Crippen molar-refractivity contribution in [3.8, 4) is 11.4 Å². The number of aromatic nitrogens is 2. The molecular formula is C22H23BrN4. The minimum Gasteiger partial charge on any atom is -0.369 e. The average Bonchev–Trinajstić information content (AvgIpc) is 2.92. The van der Waals surface area contributed by atoms with Crippen molar-refractivity contribution < 1.29 is 0 Å². The molecule has 5 heteroatoms. The van der Waals surface area contributed by atoms with Crippen LogP contribution in [-0.4, -0.2) is 47.7 Å². The van der Waals surface area contributed by atoms with Crippen LogP contribution >= 0.6 is 15.9 Å². The van der Waals surface area contributed by atoms with Gasteiger partial charge in [-0.05, 0) is 44.3 Å². The molecule has 0 bridgehead atoms. The van der Waals surface area contributed by atoms with E-state index in [1.807, 2.05) is 0 Å². The van der Waals surface area contributed by atoms with Gasteiger partial charge in [-0.15, -0.1) is 0 Å². The molecule has 0 radical (unpaired) electrons. The van der Waals surface area contributed by atoms with Gasteiger partial charge in [-0.2, -0.15) is 0 Å². The number of hydrogen-bond donors (Lipinski definition) is 0. The molecule has 2 aromatic rings. The number of anilines is 1. The lowest BCUT2D eigenvalue weighted by molar-refractivity contribution is 0.360. The molecule has 1 fully saturated rings. The van der Waals surface area contributed by atoms with Crippen LogP contribution in [0.5, 0.6) is 0 Å². The van der Waals surface area contributed by atoms with Crippen LogP contribution in [0.2, 0.25) is 0 Å². The Labute approximate surface area is 167 Å². The summed E-state index contributed by atoms with van der Waals surface area (Å²) in [5.74, 6) is 1.07. The molecule has 27 heavy (non-hydrogen) atoms. The Bertz CT molecular complexity index is 1120. The highest BCUT2D eigenvalue weighted by Gasteiger charge is 2.26. The number of nitrogens with zero attached hydrogens (tertiary/aromatic N) is 4. The van der Waals surface area contributed by atoms with Gasteiger partial charge in [0.25, 0.3) is 0 Å². The van der Waals surface area contributed by atoms with Crippen molar-refractivity contribution in [3.05, 3.63) is 46.9 Å². The normalized spacial score (nSPS) is 16.5. The molecule has 3 heterocycles. The maximum absolute atomic E-state index is 5.00. The van der Waals surface area contributed by atoms with Crippen molar-refractivity contribution in [3.63, 3.8) is 0 Å². The summed E-state index contributed by atoms with van der Waals surface area (Å²) in [5, 5.41) is 2.54. The summed E-state index contributed by atoms with van der Waals surface area (Å²) in [7, 11) is 4.35. The van der Waals surface area contributed by atoms with Crippen molar-refractivity contribution >= 4 is 43.4 Å². The summed E-state index contributed by atoms with van der Waals surface area (Å²) in [5.41, 5.74) is 4.92. The summed E-state index contributed by atoms with van der Waals surface area (Å²) >= 11 is 3.69. The Morgan fingerprint density at radius 2 is 1.78 bits per heavy atom. The maximum atomic E-state index is 5.00. The largest absolute Gasteiger partial charge is 0.369 e. The summed E-state index contributed by atoms with van der Waals surface area (Å²) in [4.78, 5) is 10.0. The Morgan fingerprint density at radius 1 is 0.926 bits per heavy atom. The third kappa shape index (κ3) is 2.72. The van der Waals surface area contributed by atoms with Crippen molar-refractivity contribution in [2.75, 3.05) is 38.1 Å². The number of para-hydroxylation sites is 1. The van der Waals surface area contributed by atoms with Crippen LogP contribution in [0.3, 0.4) is 0 Å². The number of hydrogen-bond acceptors (Lipinski definition) is 3. The van der Waals surface area contributed by atoms with E-state index >= 15 is 0 Å². The number of pyridine rings is 1. The van der Waals surface area contributed by atoms with Gasteiger partial charge in [0.2, 0.25) is 0 Å². The molecule has 0 saturated carbocycles. The molecule has 0 atom stereocenters. The zero-order valence-corrected chi connectivity index (χ0v) is 17.3. The zero-order chi connectivity index (χ0) is 18.5. The van der Waals surface area contributed by atoms with E-state index in [0.29, 0.717) is 0 Å². The molecule has 0 amide bonds. The molecular weight excluding hydrogens is 400 g/mol. The summed E-state index contributed by atoms with van der Waals surface area (Å²) in [6.07, 6.45) is 1.18. The van der Waals surface area contributed by atoms with E-state index < -0.39 is 0 Å². The van der Waals surface area contributed by atoms with E-state index in [4.69, 9.17) is 4.98 Å². The van der Waals surface area contributed by atoms with E-state index in [1.165, 1.54) is 34.0 Å². The number of fused-ring (bicyclic) bond motifs is 4. The predicted octanol–water partition coefficient (Wildman–Crippen LogP) is 4.74. The smallest absolute Gasteiger partial charge is 0.143 e. The highest BCUT2D eigenvalue weighted by Crippen LogP contribution is 2.44. The Hall–Kier alpha value is -2.11. The Balaban J connectivity index is 1.89. The molecule has 138 valence electrons. The average molecular weight is 423 g/mol. The highest BCUT2D eigenvalue weighted by atomic mass is 79.9. The second-order valence-electron chi connectivity index (χ2n) is 7.54. The molecule has 0 N–H and O–H groups in total. The second-order valence-corrected chi connectivity index (χ2v) is 8.46. The molecule has 3 aliphatic rings. The quantitative estimate of drug-likeness (QED) is 0.442. The van der Waals surface area contributed by atoms with Crippen molar-refractivity contribution in [2.24, 2.45) is 7.05 Å². The molecule has 5 rings (SSSR count). The van der Waals surface area contributed by atoms with Crippen LogP contribution in [0, 0.1) is 0 Å². The van der Waals surface area contributed by atoms with Gasteiger partial charge in [0.15, 0.2) is 0 Å². The summed E-state index contributed by atoms with van der Waals surface area (Å²) in [6, 6.07) is 15.1. The van der Waals surface area contributed by atoms with Crippen LogP contribution in [0.25, 0.3) is 33.2 Å². The first kappa shape index (κ1) is 17.0. The van der Waals surface area contributed by atoms with E-state index in [1.54, 1.807) is 0 Å². The second kappa shape index (κ2) is 6.50. The van der Waals surface area contributed by atoms with Gasteiger partial charge in [0.05, 0.1) is 22.3 Å². The van der Waals surface area contributed by atoms with Crippen LogP contribution in [0.15, 0.2) is 46.9 Å². The SMILES string of the molecule is CN1CCCN(c2c3c4ccccc4nc-3n(C)c3ccc(Br)cc23)CC1. The predicted molar refractivity (Wildman–Crippen MR) is 117 cm³/mol. The van der Waals surface area contributed by atoms with Gasteiger partial charge in [-0.1, -0.05) is 34.1 Å². The highest BCUT2D eigenvalue weighted by molar-refractivity contribution is 9.10. The van der Waals surface area contributed by atoms with Crippen LogP contribution < -0.4 is 4.90 Å². The van der Waals surface area contributed by atoms with Gasteiger partial charge in [-0.3, -0.25) is 0 Å². The van der Waals surface area contributed by atoms with E-state index in [-0.39, 0.29) is 0 Å². The lowest BCUT2D eigenvalue weighted by Gasteiger charge is -2.28. The minimum atomic E-state index is 1.04.